The predicted octanol–water partition coefficient (Wildman–Crippen LogP) is 4.72. The number of ether oxygens (including phenoxy) is 1. The number of nitro groups is 1. The van der Waals surface area contributed by atoms with Crippen LogP contribution < -0.4 is 10.5 Å². The third-order valence-electron chi connectivity index (χ3n) is 5.11. The number of benzene rings is 3. The number of nitrogens with two attached hydrogens (primary N) is 1. The molecule has 0 spiro atoms. The summed E-state index contributed by atoms with van der Waals surface area (Å²) in [6.45, 7) is 0. The van der Waals surface area contributed by atoms with Crippen LogP contribution in [0.5, 0.6) is 5.75 Å². The Labute approximate surface area is 195 Å². The van der Waals surface area contributed by atoms with Gasteiger partial charge in [-0.2, -0.15) is 0 Å². The maximum Gasteiger partial charge on any atom is 0.269 e. The van der Waals surface area contributed by atoms with Gasteiger partial charge >= 0.3 is 0 Å². The van der Waals surface area contributed by atoms with E-state index in [1.165, 1.54) is 23.9 Å². The molecule has 1 atom stereocenters. The molecule has 4 rings (SSSR count). The van der Waals surface area contributed by atoms with E-state index >= 15 is 0 Å². The molecule has 0 fully saturated rings. The number of nitro benzene ring substituents is 1. The van der Waals surface area contributed by atoms with Crippen molar-refractivity contribution in [2.24, 2.45) is 5.73 Å². The van der Waals surface area contributed by atoms with Crippen LogP contribution in [0.2, 0.25) is 0 Å². The highest BCUT2D eigenvalue weighted by atomic mass is 32.2. The highest BCUT2D eigenvalue weighted by Gasteiger charge is 2.21. The Hall–Kier alpha value is -3.69. The van der Waals surface area contributed by atoms with Gasteiger partial charge in [0.25, 0.3) is 5.69 Å². The minimum absolute atomic E-state index is 0.0209. The SMILES string of the molecule is COc1cccc(CSc2nnc(C(N)Cc3ccccc3)n2-c2ccc([N+](=O)[O-])cc2)c1. The van der Waals surface area contributed by atoms with E-state index in [1.807, 2.05) is 59.2 Å². The zero-order valence-electron chi connectivity index (χ0n) is 18.0. The molecule has 0 aliphatic heterocycles. The molecule has 1 heterocycles. The summed E-state index contributed by atoms with van der Waals surface area (Å²) < 4.78 is 7.19. The van der Waals surface area contributed by atoms with Crippen molar-refractivity contribution in [3.05, 3.63) is 106 Å². The van der Waals surface area contributed by atoms with Gasteiger partial charge in [-0.15, -0.1) is 10.2 Å². The Balaban J connectivity index is 1.66. The van der Waals surface area contributed by atoms with Crippen LogP contribution in [-0.2, 0) is 12.2 Å². The number of thioether (sulfide) groups is 1. The summed E-state index contributed by atoms with van der Waals surface area (Å²) in [5.41, 5.74) is 9.45. The summed E-state index contributed by atoms with van der Waals surface area (Å²) >= 11 is 1.51. The normalized spacial score (nSPS) is 11.8. The lowest BCUT2D eigenvalue weighted by molar-refractivity contribution is -0.384. The zero-order valence-corrected chi connectivity index (χ0v) is 18.8. The molecule has 0 saturated heterocycles. The lowest BCUT2D eigenvalue weighted by Gasteiger charge is -2.15. The largest absolute Gasteiger partial charge is 0.497 e. The summed E-state index contributed by atoms with van der Waals surface area (Å²) in [6, 6.07) is 23.7. The molecule has 0 aliphatic rings. The van der Waals surface area contributed by atoms with E-state index in [1.54, 1.807) is 19.2 Å². The molecule has 0 amide bonds. The average Bonchev–Trinajstić information content (AvgIpc) is 3.27. The van der Waals surface area contributed by atoms with E-state index < -0.39 is 11.0 Å². The summed E-state index contributed by atoms with van der Waals surface area (Å²) in [5.74, 6) is 2.03. The van der Waals surface area contributed by atoms with Gasteiger partial charge < -0.3 is 10.5 Å². The van der Waals surface area contributed by atoms with E-state index in [4.69, 9.17) is 10.5 Å². The topological polar surface area (TPSA) is 109 Å². The van der Waals surface area contributed by atoms with Crippen molar-refractivity contribution in [2.75, 3.05) is 7.11 Å². The van der Waals surface area contributed by atoms with E-state index in [0.29, 0.717) is 23.2 Å². The van der Waals surface area contributed by atoms with Crippen LogP contribution >= 0.6 is 11.8 Å². The first-order chi connectivity index (χ1) is 16.0. The maximum atomic E-state index is 11.1. The molecule has 33 heavy (non-hydrogen) atoms. The van der Waals surface area contributed by atoms with Crippen LogP contribution in [-0.4, -0.2) is 26.8 Å². The number of nitrogens with zero attached hydrogens (tertiary/aromatic N) is 4. The van der Waals surface area contributed by atoms with Crippen molar-refractivity contribution in [1.29, 1.82) is 0 Å². The summed E-state index contributed by atoms with van der Waals surface area (Å²) in [4.78, 5) is 10.7. The van der Waals surface area contributed by atoms with Crippen molar-refractivity contribution in [3.63, 3.8) is 0 Å². The summed E-state index contributed by atoms with van der Waals surface area (Å²) in [5, 5.41) is 20.6. The third kappa shape index (κ3) is 5.39. The molecule has 0 bridgehead atoms. The van der Waals surface area contributed by atoms with Gasteiger partial charge in [-0.05, 0) is 41.8 Å². The van der Waals surface area contributed by atoms with Crippen molar-refractivity contribution in [2.45, 2.75) is 23.4 Å². The van der Waals surface area contributed by atoms with Crippen LogP contribution in [0, 0.1) is 10.1 Å². The number of aromatic nitrogens is 3. The Morgan fingerprint density at radius 3 is 2.45 bits per heavy atom. The molecule has 4 aromatic rings. The Kier molecular flexibility index (Phi) is 7.01. The molecule has 1 aromatic heterocycles. The molecule has 3 aromatic carbocycles. The van der Waals surface area contributed by atoms with Crippen molar-refractivity contribution < 1.29 is 9.66 Å². The number of methoxy groups -OCH3 is 1. The van der Waals surface area contributed by atoms with Gasteiger partial charge in [0, 0.05) is 23.6 Å². The molecule has 168 valence electrons. The molecular weight excluding hydrogens is 438 g/mol. The first-order valence-corrected chi connectivity index (χ1v) is 11.3. The van der Waals surface area contributed by atoms with Crippen molar-refractivity contribution >= 4 is 17.4 Å². The summed E-state index contributed by atoms with van der Waals surface area (Å²) in [6.07, 6.45) is 0.590. The Bertz CT molecular complexity index is 1230. The zero-order chi connectivity index (χ0) is 23.2. The second kappa shape index (κ2) is 10.3. The van der Waals surface area contributed by atoms with Gasteiger partial charge in [0.1, 0.15) is 5.75 Å². The van der Waals surface area contributed by atoms with E-state index in [-0.39, 0.29) is 5.69 Å². The molecule has 0 saturated carbocycles. The fourth-order valence-corrected chi connectivity index (χ4v) is 4.35. The minimum atomic E-state index is -0.420. The van der Waals surface area contributed by atoms with Gasteiger partial charge in [-0.1, -0.05) is 54.2 Å². The van der Waals surface area contributed by atoms with E-state index in [0.717, 1.165) is 22.6 Å². The lowest BCUT2D eigenvalue weighted by Crippen LogP contribution is -2.19. The lowest BCUT2D eigenvalue weighted by atomic mass is 10.1. The number of non-ortho nitro benzene ring substituents is 1. The molecule has 2 N–H and O–H groups in total. The summed E-state index contributed by atoms with van der Waals surface area (Å²) in [7, 11) is 1.64. The second-order valence-corrected chi connectivity index (χ2v) is 8.33. The number of rotatable bonds is 9. The predicted molar refractivity (Wildman–Crippen MR) is 128 cm³/mol. The van der Waals surface area contributed by atoms with Gasteiger partial charge in [0.2, 0.25) is 0 Å². The number of hydrogen-bond acceptors (Lipinski definition) is 7. The fraction of sp³-hybridized carbons (Fsp3) is 0.167. The Morgan fingerprint density at radius 1 is 1.03 bits per heavy atom. The molecule has 9 heteroatoms. The van der Waals surface area contributed by atoms with Gasteiger partial charge in [0.05, 0.1) is 18.1 Å². The highest BCUT2D eigenvalue weighted by Crippen LogP contribution is 2.29. The average molecular weight is 462 g/mol. The molecule has 0 radical (unpaired) electrons. The molecular formula is C24H23N5O3S. The first-order valence-electron chi connectivity index (χ1n) is 10.3. The number of hydrogen-bond donors (Lipinski definition) is 1. The van der Waals surface area contributed by atoms with Crippen LogP contribution in [0.3, 0.4) is 0 Å². The van der Waals surface area contributed by atoms with Gasteiger partial charge in [0.15, 0.2) is 11.0 Å². The Morgan fingerprint density at radius 2 is 1.76 bits per heavy atom. The first kappa shape index (κ1) is 22.5. The quantitative estimate of drug-likeness (QED) is 0.218. The van der Waals surface area contributed by atoms with Crippen LogP contribution in [0.1, 0.15) is 23.0 Å². The molecule has 8 nitrogen and oxygen atoms in total. The van der Waals surface area contributed by atoms with Gasteiger partial charge in [-0.25, -0.2) is 0 Å². The third-order valence-corrected chi connectivity index (χ3v) is 6.11. The second-order valence-electron chi connectivity index (χ2n) is 7.39. The highest BCUT2D eigenvalue weighted by molar-refractivity contribution is 7.98. The van der Waals surface area contributed by atoms with Crippen LogP contribution in [0.15, 0.2) is 84.0 Å². The van der Waals surface area contributed by atoms with Crippen molar-refractivity contribution in [3.8, 4) is 11.4 Å². The van der Waals surface area contributed by atoms with Crippen LogP contribution in [0.4, 0.5) is 5.69 Å². The standard InChI is InChI=1S/C24H23N5O3S/c1-32-21-9-5-8-18(14-21)16-33-24-27-26-23(22(25)15-17-6-3-2-4-7-17)28(24)19-10-12-20(13-11-19)29(30)31/h2-14,22H,15-16,25H2,1H3. The van der Waals surface area contributed by atoms with Crippen LogP contribution in [0.25, 0.3) is 5.69 Å². The van der Waals surface area contributed by atoms with E-state index in [9.17, 15) is 10.1 Å². The van der Waals surface area contributed by atoms with Crippen molar-refractivity contribution in [1.82, 2.24) is 14.8 Å². The molecule has 0 aliphatic carbocycles. The smallest absolute Gasteiger partial charge is 0.269 e. The monoisotopic (exact) mass is 461 g/mol. The fourth-order valence-electron chi connectivity index (χ4n) is 3.45. The van der Waals surface area contributed by atoms with E-state index in [2.05, 4.69) is 10.2 Å². The van der Waals surface area contributed by atoms with Gasteiger partial charge in [-0.3, -0.25) is 14.7 Å². The minimum Gasteiger partial charge on any atom is -0.497 e. The maximum absolute atomic E-state index is 11.1. The molecule has 1 unspecified atom stereocenters.